The first-order chi connectivity index (χ1) is 7.75. The molecule has 1 aliphatic heterocycles. The smallest absolute Gasteiger partial charge is 0.117 e. The lowest BCUT2D eigenvalue weighted by molar-refractivity contribution is 0.243. The molecule has 0 spiro atoms. The molecule has 1 aromatic heterocycles. The zero-order chi connectivity index (χ0) is 11.4. The predicted octanol–water partition coefficient (Wildman–Crippen LogP) is 2.10. The van der Waals surface area contributed by atoms with Crippen molar-refractivity contribution in [1.29, 1.82) is 0 Å². The molecule has 1 fully saturated rings. The van der Waals surface area contributed by atoms with Crippen molar-refractivity contribution in [2.75, 3.05) is 19.6 Å². The predicted molar refractivity (Wildman–Crippen MR) is 65.2 cm³/mol. The van der Waals surface area contributed by atoms with Crippen LogP contribution in [-0.2, 0) is 6.54 Å². The van der Waals surface area contributed by atoms with E-state index in [2.05, 4.69) is 24.1 Å². The van der Waals surface area contributed by atoms with Gasteiger partial charge in [-0.25, -0.2) is 0 Å². The Bertz CT molecular complexity index is 297. The number of rotatable bonds is 5. The molecule has 0 saturated carbocycles. The number of furan rings is 1. The molecule has 1 aliphatic rings. The van der Waals surface area contributed by atoms with Gasteiger partial charge in [0, 0.05) is 19.1 Å². The van der Waals surface area contributed by atoms with E-state index < -0.39 is 0 Å². The molecule has 0 aromatic carbocycles. The minimum absolute atomic E-state index is 0.625. The average molecular weight is 222 g/mol. The highest BCUT2D eigenvalue weighted by Gasteiger charge is 2.22. The molecule has 2 heterocycles. The van der Waals surface area contributed by atoms with Crippen molar-refractivity contribution < 1.29 is 4.42 Å². The minimum Gasteiger partial charge on any atom is -0.468 e. The molecule has 0 radical (unpaired) electrons. The molecular formula is C13H22N2O. The normalized spacial score (nSPS) is 23.8. The molecule has 2 unspecified atom stereocenters. The number of nitrogens with zero attached hydrogens (tertiary/aromatic N) is 1. The van der Waals surface area contributed by atoms with E-state index in [0.717, 1.165) is 24.8 Å². The minimum atomic E-state index is 0.625. The first-order valence-corrected chi connectivity index (χ1v) is 6.23. The molecule has 16 heavy (non-hydrogen) atoms. The van der Waals surface area contributed by atoms with E-state index >= 15 is 0 Å². The molecule has 0 amide bonds. The second-order valence-corrected chi connectivity index (χ2v) is 4.95. The molecule has 1 N–H and O–H groups in total. The first-order valence-electron chi connectivity index (χ1n) is 6.23. The van der Waals surface area contributed by atoms with Crippen molar-refractivity contribution in [3.63, 3.8) is 0 Å². The van der Waals surface area contributed by atoms with Crippen molar-refractivity contribution >= 4 is 0 Å². The summed E-state index contributed by atoms with van der Waals surface area (Å²) in [5.41, 5.74) is 0. The van der Waals surface area contributed by atoms with Crippen LogP contribution in [0.25, 0.3) is 0 Å². The second-order valence-electron chi connectivity index (χ2n) is 4.95. The summed E-state index contributed by atoms with van der Waals surface area (Å²) in [7, 11) is 0. The van der Waals surface area contributed by atoms with Gasteiger partial charge in [0.05, 0.1) is 12.8 Å². The third-order valence-electron chi connectivity index (χ3n) is 3.40. The summed E-state index contributed by atoms with van der Waals surface area (Å²) >= 11 is 0. The van der Waals surface area contributed by atoms with Gasteiger partial charge in [0.1, 0.15) is 5.76 Å². The average Bonchev–Trinajstić information content (AvgIpc) is 2.89. The lowest BCUT2D eigenvalue weighted by atomic mass is 10.2. The molecule has 90 valence electrons. The Morgan fingerprint density at radius 2 is 2.50 bits per heavy atom. The fourth-order valence-corrected chi connectivity index (χ4v) is 2.32. The standard InChI is InChI=1S/C13H22N2O/c1-11-5-6-15(10-11)12(2)8-14-9-13-4-3-7-16-13/h3-4,7,11-12,14H,5-6,8-10H2,1-2H3. The van der Waals surface area contributed by atoms with Gasteiger partial charge < -0.3 is 9.73 Å². The Morgan fingerprint density at radius 1 is 1.62 bits per heavy atom. The summed E-state index contributed by atoms with van der Waals surface area (Å²) in [5, 5.41) is 3.44. The topological polar surface area (TPSA) is 28.4 Å². The molecule has 0 aliphatic carbocycles. The Hall–Kier alpha value is -0.800. The number of hydrogen-bond donors (Lipinski definition) is 1. The fourth-order valence-electron chi connectivity index (χ4n) is 2.32. The third kappa shape index (κ3) is 3.09. The number of likely N-dealkylation sites (tertiary alicyclic amines) is 1. The van der Waals surface area contributed by atoms with Gasteiger partial charge in [-0.3, -0.25) is 4.90 Å². The molecule has 3 nitrogen and oxygen atoms in total. The van der Waals surface area contributed by atoms with E-state index in [1.807, 2.05) is 12.1 Å². The zero-order valence-electron chi connectivity index (χ0n) is 10.3. The van der Waals surface area contributed by atoms with Crippen molar-refractivity contribution in [1.82, 2.24) is 10.2 Å². The van der Waals surface area contributed by atoms with Gasteiger partial charge >= 0.3 is 0 Å². The van der Waals surface area contributed by atoms with Crippen molar-refractivity contribution in [3.05, 3.63) is 24.2 Å². The summed E-state index contributed by atoms with van der Waals surface area (Å²) < 4.78 is 5.28. The summed E-state index contributed by atoms with van der Waals surface area (Å²) in [6.45, 7) is 9.01. The largest absolute Gasteiger partial charge is 0.468 e. The Kier molecular flexibility index (Phi) is 4.02. The summed E-state index contributed by atoms with van der Waals surface area (Å²) in [4.78, 5) is 2.57. The zero-order valence-corrected chi connectivity index (χ0v) is 10.3. The molecular weight excluding hydrogens is 200 g/mol. The van der Waals surface area contributed by atoms with E-state index in [4.69, 9.17) is 4.42 Å². The quantitative estimate of drug-likeness (QED) is 0.827. The van der Waals surface area contributed by atoms with Crippen LogP contribution in [0.15, 0.2) is 22.8 Å². The Morgan fingerprint density at radius 3 is 3.12 bits per heavy atom. The molecule has 0 bridgehead atoms. The maximum Gasteiger partial charge on any atom is 0.117 e. The van der Waals surface area contributed by atoms with Gasteiger partial charge in [-0.2, -0.15) is 0 Å². The van der Waals surface area contributed by atoms with Crippen molar-refractivity contribution in [2.24, 2.45) is 5.92 Å². The van der Waals surface area contributed by atoms with Crippen LogP contribution >= 0.6 is 0 Å². The number of hydrogen-bond acceptors (Lipinski definition) is 3. The summed E-state index contributed by atoms with van der Waals surface area (Å²) in [5.74, 6) is 1.88. The van der Waals surface area contributed by atoms with Crippen molar-refractivity contribution in [2.45, 2.75) is 32.9 Å². The van der Waals surface area contributed by atoms with Crippen LogP contribution in [0.1, 0.15) is 26.0 Å². The molecule has 2 atom stereocenters. The van der Waals surface area contributed by atoms with E-state index in [1.165, 1.54) is 19.5 Å². The highest BCUT2D eigenvalue weighted by atomic mass is 16.3. The third-order valence-corrected chi connectivity index (χ3v) is 3.40. The van der Waals surface area contributed by atoms with Crippen molar-refractivity contribution in [3.8, 4) is 0 Å². The number of nitrogens with one attached hydrogen (secondary N) is 1. The summed E-state index contributed by atoms with van der Waals surface area (Å²) in [6, 6.07) is 4.57. The molecule has 2 rings (SSSR count). The highest BCUT2D eigenvalue weighted by molar-refractivity contribution is 4.97. The maximum atomic E-state index is 5.28. The maximum absolute atomic E-state index is 5.28. The molecule has 1 saturated heterocycles. The van der Waals surface area contributed by atoms with E-state index in [9.17, 15) is 0 Å². The lowest BCUT2D eigenvalue weighted by Crippen LogP contribution is -2.38. The van der Waals surface area contributed by atoms with E-state index in [-0.39, 0.29) is 0 Å². The monoisotopic (exact) mass is 222 g/mol. The van der Waals surface area contributed by atoms with Crippen LogP contribution in [-0.4, -0.2) is 30.6 Å². The van der Waals surface area contributed by atoms with Gasteiger partial charge in [0.15, 0.2) is 0 Å². The Balaban J connectivity index is 1.66. The highest BCUT2D eigenvalue weighted by Crippen LogP contribution is 2.17. The first kappa shape index (κ1) is 11.7. The van der Waals surface area contributed by atoms with Crippen LogP contribution in [0.3, 0.4) is 0 Å². The van der Waals surface area contributed by atoms with E-state index in [0.29, 0.717) is 6.04 Å². The van der Waals surface area contributed by atoms with Gasteiger partial charge in [-0.05, 0) is 37.9 Å². The van der Waals surface area contributed by atoms with Crippen LogP contribution in [0.4, 0.5) is 0 Å². The molecule has 1 aromatic rings. The van der Waals surface area contributed by atoms with E-state index in [1.54, 1.807) is 6.26 Å². The Labute approximate surface area is 97.8 Å². The second kappa shape index (κ2) is 5.51. The molecule has 3 heteroatoms. The van der Waals surface area contributed by atoms with Crippen LogP contribution in [0, 0.1) is 5.92 Å². The fraction of sp³-hybridized carbons (Fsp3) is 0.692. The lowest BCUT2D eigenvalue weighted by Gasteiger charge is -2.24. The van der Waals surface area contributed by atoms with Crippen LogP contribution in [0.5, 0.6) is 0 Å². The van der Waals surface area contributed by atoms with Crippen LogP contribution in [0.2, 0.25) is 0 Å². The van der Waals surface area contributed by atoms with Crippen LogP contribution < -0.4 is 5.32 Å². The van der Waals surface area contributed by atoms with Gasteiger partial charge in [-0.15, -0.1) is 0 Å². The SMILES string of the molecule is CC1CCN(C(C)CNCc2ccco2)C1. The van der Waals surface area contributed by atoms with Gasteiger partial charge in [0.2, 0.25) is 0 Å². The van der Waals surface area contributed by atoms with Gasteiger partial charge in [0.25, 0.3) is 0 Å². The van der Waals surface area contributed by atoms with Gasteiger partial charge in [-0.1, -0.05) is 6.92 Å². The summed E-state index contributed by atoms with van der Waals surface area (Å²) in [6.07, 6.45) is 3.07.